The first-order valence-electron chi connectivity index (χ1n) is 7.00. The fourth-order valence-electron chi connectivity index (χ4n) is 3.71. The highest BCUT2D eigenvalue weighted by atomic mass is 16.4. The number of rotatable bonds is 1. The van der Waals surface area contributed by atoms with E-state index < -0.39 is 6.09 Å². The lowest BCUT2D eigenvalue weighted by Crippen LogP contribution is -2.48. The zero-order valence-electron chi connectivity index (χ0n) is 11.6. The van der Waals surface area contributed by atoms with Crippen molar-refractivity contribution in [1.82, 2.24) is 14.5 Å². The van der Waals surface area contributed by atoms with Crippen molar-refractivity contribution in [3.05, 3.63) is 28.7 Å². The third-order valence-electron chi connectivity index (χ3n) is 4.69. The second kappa shape index (κ2) is 4.03. The van der Waals surface area contributed by atoms with Gasteiger partial charge in [-0.1, -0.05) is 6.07 Å². The van der Waals surface area contributed by atoms with Crippen molar-refractivity contribution in [2.75, 3.05) is 18.0 Å². The number of imidazole rings is 1. The highest BCUT2D eigenvalue weighted by molar-refractivity contribution is 5.89. The molecule has 0 unspecified atom stereocenters. The monoisotopic (exact) mass is 288 g/mol. The highest BCUT2D eigenvalue weighted by Gasteiger charge is 2.45. The number of aromatic amines is 1. The van der Waals surface area contributed by atoms with Crippen LogP contribution in [0.4, 0.5) is 10.5 Å². The Morgan fingerprint density at radius 1 is 1.33 bits per heavy atom. The summed E-state index contributed by atoms with van der Waals surface area (Å²) in [6, 6.07) is 6.06. The number of likely N-dealkylation sites (tertiary alicyclic amines) is 1. The van der Waals surface area contributed by atoms with Crippen molar-refractivity contribution >= 4 is 22.8 Å². The maximum Gasteiger partial charge on any atom is 0.407 e. The molecule has 110 valence electrons. The molecule has 2 saturated heterocycles. The summed E-state index contributed by atoms with van der Waals surface area (Å²) in [6.45, 7) is 1.23. The summed E-state index contributed by atoms with van der Waals surface area (Å²) in [6.07, 6.45) is 0.0236. The predicted octanol–water partition coefficient (Wildman–Crippen LogP) is 0.808. The maximum atomic E-state index is 11.8. The van der Waals surface area contributed by atoms with E-state index in [1.807, 2.05) is 18.2 Å². The molecule has 1 aromatic carbocycles. The summed E-state index contributed by atoms with van der Waals surface area (Å²) in [5, 5.41) is 9.17. The van der Waals surface area contributed by atoms with E-state index in [4.69, 9.17) is 5.11 Å². The normalized spacial score (nSPS) is 24.2. The Bertz CT molecular complexity index is 793. The van der Waals surface area contributed by atoms with Crippen molar-refractivity contribution in [3.8, 4) is 0 Å². The number of benzene rings is 1. The first-order valence-corrected chi connectivity index (χ1v) is 7.00. The van der Waals surface area contributed by atoms with Crippen LogP contribution < -0.4 is 10.6 Å². The first kappa shape index (κ1) is 12.3. The van der Waals surface area contributed by atoms with Gasteiger partial charge in [0.1, 0.15) is 0 Å². The summed E-state index contributed by atoms with van der Waals surface area (Å²) >= 11 is 0. The number of nitrogens with one attached hydrogen (secondary N) is 1. The number of amides is 1. The molecule has 0 saturated carbocycles. The zero-order valence-corrected chi connectivity index (χ0v) is 11.6. The van der Waals surface area contributed by atoms with Gasteiger partial charge in [0, 0.05) is 26.2 Å². The van der Waals surface area contributed by atoms with E-state index in [9.17, 15) is 9.59 Å². The van der Waals surface area contributed by atoms with Gasteiger partial charge in [0.25, 0.3) is 0 Å². The third kappa shape index (κ3) is 1.60. The van der Waals surface area contributed by atoms with Crippen LogP contribution in [0.25, 0.3) is 11.0 Å². The van der Waals surface area contributed by atoms with Crippen LogP contribution in [0.2, 0.25) is 0 Å². The summed E-state index contributed by atoms with van der Waals surface area (Å²) in [7, 11) is 1.75. The van der Waals surface area contributed by atoms with Gasteiger partial charge in [-0.2, -0.15) is 0 Å². The van der Waals surface area contributed by atoms with Gasteiger partial charge in [-0.15, -0.1) is 0 Å². The number of hydrogen-bond acceptors (Lipinski definition) is 3. The Hall–Kier alpha value is -2.44. The van der Waals surface area contributed by atoms with Crippen molar-refractivity contribution in [3.63, 3.8) is 0 Å². The van der Waals surface area contributed by atoms with Crippen LogP contribution in [0.3, 0.4) is 0 Å². The fourth-order valence-corrected chi connectivity index (χ4v) is 3.71. The average molecular weight is 288 g/mol. The van der Waals surface area contributed by atoms with Gasteiger partial charge >= 0.3 is 11.8 Å². The Morgan fingerprint density at radius 2 is 2.14 bits per heavy atom. The van der Waals surface area contributed by atoms with Crippen LogP contribution in [-0.4, -0.2) is 50.8 Å². The third-order valence-corrected chi connectivity index (χ3v) is 4.69. The van der Waals surface area contributed by atoms with E-state index in [0.29, 0.717) is 13.1 Å². The van der Waals surface area contributed by atoms with Crippen LogP contribution in [0, 0.1) is 0 Å². The Labute approximate surface area is 120 Å². The molecular weight excluding hydrogens is 272 g/mol. The Balaban J connectivity index is 1.77. The van der Waals surface area contributed by atoms with Gasteiger partial charge in [-0.3, -0.25) is 4.57 Å². The molecule has 1 amide bonds. The van der Waals surface area contributed by atoms with E-state index >= 15 is 0 Å². The highest BCUT2D eigenvalue weighted by Crippen LogP contribution is 2.37. The standard InChI is InChI=1S/C14H16N4O3/c1-16-12-10(15-13(16)19)3-2-4-11(12)17-6-9-5-8(17)7-18(9)14(20)21/h2-4,8-9H,5-7H2,1H3,(H,15,19)(H,20,21)/t8-,9-/m1/s1. The number of nitrogens with zero attached hydrogens (tertiary/aromatic N) is 3. The Morgan fingerprint density at radius 3 is 2.81 bits per heavy atom. The molecule has 7 heteroatoms. The summed E-state index contributed by atoms with van der Waals surface area (Å²) in [5.41, 5.74) is 2.58. The lowest BCUT2D eigenvalue weighted by molar-refractivity contribution is 0.137. The number of H-pyrrole nitrogens is 1. The van der Waals surface area contributed by atoms with Crippen molar-refractivity contribution < 1.29 is 9.90 Å². The van der Waals surface area contributed by atoms with Crippen molar-refractivity contribution in [1.29, 1.82) is 0 Å². The predicted molar refractivity (Wildman–Crippen MR) is 77.8 cm³/mol. The van der Waals surface area contributed by atoms with Crippen LogP contribution in [-0.2, 0) is 7.05 Å². The molecule has 2 aliphatic heterocycles. The van der Waals surface area contributed by atoms with E-state index in [2.05, 4.69) is 9.88 Å². The number of aromatic nitrogens is 2. The summed E-state index contributed by atoms with van der Waals surface area (Å²) in [5.74, 6) is 0. The molecule has 2 bridgehead atoms. The number of carboxylic acid groups (broad SMARTS) is 1. The van der Waals surface area contributed by atoms with Crippen molar-refractivity contribution in [2.45, 2.75) is 18.5 Å². The topological polar surface area (TPSA) is 81.6 Å². The van der Waals surface area contributed by atoms with E-state index in [-0.39, 0.29) is 17.8 Å². The minimum Gasteiger partial charge on any atom is -0.465 e. The van der Waals surface area contributed by atoms with Gasteiger partial charge in [-0.25, -0.2) is 9.59 Å². The van der Waals surface area contributed by atoms with Gasteiger partial charge in [-0.05, 0) is 18.6 Å². The van der Waals surface area contributed by atoms with Gasteiger partial charge in [0.15, 0.2) is 0 Å². The molecule has 7 nitrogen and oxygen atoms in total. The summed E-state index contributed by atoms with van der Waals surface area (Å²) < 4.78 is 1.62. The number of hydrogen-bond donors (Lipinski definition) is 2. The molecule has 2 N–H and O–H groups in total. The zero-order chi connectivity index (χ0) is 14.7. The number of fused-ring (bicyclic) bond motifs is 3. The number of piperazine rings is 1. The van der Waals surface area contributed by atoms with Gasteiger partial charge in [0.2, 0.25) is 0 Å². The molecule has 0 aliphatic carbocycles. The second-order valence-electron chi connectivity index (χ2n) is 5.79. The van der Waals surface area contributed by atoms with Crippen LogP contribution in [0.15, 0.2) is 23.0 Å². The maximum absolute atomic E-state index is 11.8. The molecule has 2 fully saturated rings. The average Bonchev–Trinajstić information content (AvgIpc) is 3.12. The number of aryl methyl sites for hydroxylation is 1. The van der Waals surface area contributed by atoms with Crippen molar-refractivity contribution in [2.24, 2.45) is 7.05 Å². The first-order chi connectivity index (χ1) is 10.1. The molecular formula is C14H16N4O3. The lowest BCUT2D eigenvalue weighted by atomic mass is 10.2. The quantitative estimate of drug-likeness (QED) is 0.813. The molecule has 2 aliphatic rings. The molecule has 4 rings (SSSR count). The molecule has 3 heterocycles. The molecule has 0 spiro atoms. The van der Waals surface area contributed by atoms with Gasteiger partial charge < -0.3 is 19.9 Å². The smallest absolute Gasteiger partial charge is 0.407 e. The molecule has 1 aromatic heterocycles. The number of para-hydroxylation sites is 1. The minimum absolute atomic E-state index is 0.0544. The molecule has 2 aromatic rings. The largest absolute Gasteiger partial charge is 0.465 e. The second-order valence-corrected chi connectivity index (χ2v) is 5.79. The van der Waals surface area contributed by atoms with Gasteiger partial charge in [0.05, 0.1) is 22.8 Å². The fraction of sp³-hybridized carbons (Fsp3) is 0.429. The molecule has 0 radical (unpaired) electrons. The number of anilines is 1. The van der Waals surface area contributed by atoms with E-state index in [1.165, 1.54) is 4.90 Å². The Kier molecular flexibility index (Phi) is 2.36. The minimum atomic E-state index is -0.839. The lowest BCUT2D eigenvalue weighted by Gasteiger charge is -2.34. The molecule has 21 heavy (non-hydrogen) atoms. The van der Waals surface area contributed by atoms with Crippen LogP contribution >= 0.6 is 0 Å². The van der Waals surface area contributed by atoms with E-state index in [0.717, 1.165) is 23.1 Å². The summed E-state index contributed by atoms with van der Waals surface area (Å²) in [4.78, 5) is 29.6. The SMILES string of the molecule is Cn1c(=O)[nH]c2cccc(N3C[C@H]4C[C@@H]3CN4C(=O)O)c21. The molecule has 2 atom stereocenters. The number of carbonyl (C=O) groups is 1. The van der Waals surface area contributed by atoms with E-state index in [1.54, 1.807) is 11.6 Å². The van der Waals surface area contributed by atoms with Crippen LogP contribution in [0.1, 0.15) is 6.42 Å². The van der Waals surface area contributed by atoms with Crippen LogP contribution in [0.5, 0.6) is 0 Å².